The number of thiophene rings is 1. The lowest BCUT2D eigenvalue weighted by Crippen LogP contribution is -2.07. The van der Waals surface area contributed by atoms with Crippen LogP contribution >= 0.6 is 27.3 Å². The number of aryl methyl sites for hydroxylation is 1. The highest BCUT2D eigenvalue weighted by Gasteiger charge is 2.10. The minimum Gasteiger partial charge on any atom is -0.465 e. The van der Waals surface area contributed by atoms with Gasteiger partial charge in [-0.25, -0.2) is 9.78 Å². The van der Waals surface area contributed by atoms with Gasteiger partial charge in [-0.05, 0) is 46.4 Å². The van der Waals surface area contributed by atoms with Crippen LogP contribution in [-0.4, -0.2) is 18.1 Å². The number of pyridine rings is 1. The third-order valence-corrected chi connectivity index (χ3v) is 4.54. The molecule has 2 aromatic rings. The van der Waals surface area contributed by atoms with E-state index in [4.69, 9.17) is 0 Å². The van der Waals surface area contributed by atoms with Gasteiger partial charge in [-0.1, -0.05) is 0 Å². The Balaban J connectivity index is 2.08. The number of aromatic nitrogens is 1. The summed E-state index contributed by atoms with van der Waals surface area (Å²) in [6, 6.07) is 5.52. The van der Waals surface area contributed by atoms with Gasteiger partial charge in [0.25, 0.3) is 0 Å². The first-order valence-corrected chi connectivity index (χ1v) is 7.30. The van der Waals surface area contributed by atoms with Crippen molar-refractivity contribution in [1.29, 1.82) is 0 Å². The summed E-state index contributed by atoms with van der Waals surface area (Å²) in [6.07, 6.45) is 0. The summed E-state index contributed by atoms with van der Waals surface area (Å²) in [6.45, 7) is 2.49. The van der Waals surface area contributed by atoms with Crippen molar-refractivity contribution in [3.05, 3.63) is 44.2 Å². The zero-order valence-corrected chi connectivity index (χ0v) is 13.0. The first-order chi connectivity index (χ1) is 9.11. The van der Waals surface area contributed by atoms with Gasteiger partial charge in [0.05, 0.1) is 24.9 Å². The Morgan fingerprint density at radius 3 is 2.84 bits per heavy atom. The Hall–Kier alpha value is -1.40. The Kier molecular flexibility index (Phi) is 4.55. The predicted molar refractivity (Wildman–Crippen MR) is 79.7 cm³/mol. The molecule has 0 radical (unpaired) electrons. The molecule has 2 aromatic heterocycles. The molecule has 0 aromatic carbocycles. The average Bonchev–Trinajstić information content (AvgIpc) is 2.81. The van der Waals surface area contributed by atoms with E-state index in [2.05, 4.69) is 31.0 Å². The monoisotopic (exact) mass is 340 g/mol. The van der Waals surface area contributed by atoms with E-state index < -0.39 is 0 Å². The third-order valence-electron chi connectivity index (χ3n) is 2.61. The topological polar surface area (TPSA) is 51.2 Å². The highest BCUT2D eigenvalue weighted by atomic mass is 79.9. The van der Waals surface area contributed by atoms with E-state index >= 15 is 0 Å². The summed E-state index contributed by atoms with van der Waals surface area (Å²) >= 11 is 5.16. The lowest BCUT2D eigenvalue weighted by Gasteiger charge is -2.08. The van der Waals surface area contributed by atoms with Crippen molar-refractivity contribution in [1.82, 2.24) is 4.98 Å². The van der Waals surface area contributed by atoms with Crippen LogP contribution in [0, 0.1) is 6.92 Å². The minimum atomic E-state index is -0.363. The van der Waals surface area contributed by atoms with Gasteiger partial charge in [0.1, 0.15) is 5.82 Å². The number of esters is 1. The Morgan fingerprint density at radius 1 is 1.47 bits per heavy atom. The van der Waals surface area contributed by atoms with Gasteiger partial charge in [-0.3, -0.25) is 0 Å². The van der Waals surface area contributed by atoms with E-state index in [1.54, 1.807) is 30.4 Å². The molecule has 0 aliphatic rings. The summed E-state index contributed by atoms with van der Waals surface area (Å²) in [4.78, 5) is 17.0. The van der Waals surface area contributed by atoms with Gasteiger partial charge in [-0.2, -0.15) is 0 Å². The summed E-state index contributed by atoms with van der Waals surface area (Å²) in [5.41, 5.74) is 1.15. The van der Waals surface area contributed by atoms with E-state index in [1.165, 1.54) is 12.0 Å². The second-order valence-corrected chi connectivity index (χ2v) is 5.72. The molecule has 19 heavy (non-hydrogen) atoms. The highest BCUT2D eigenvalue weighted by Crippen LogP contribution is 2.23. The fourth-order valence-corrected chi connectivity index (χ4v) is 3.04. The third kappa shape index (κ3) is 3.33. The van der Waals surface area contributed by atoms with Crippen molar-refractivity contribution in [2.75, 3.05) is 12.4 Å². The molecule has 0 spiro atoms. The number of hydrogen-bond acceptors (Lipinski definition) is 5. The molecule has 100 valence electrons. The number of nitrogens with zero attached hydrogens (tertiary/aromatic N) is 1. The van der Waals surface area contributed by atoms with Gasteiger partial charge >= 0.3 is 5.97 Å². The van der Waals surface area contributed by atoms with E-state index in [0.29, 0.717) is 17.8 Å². The van der Waals surface area contributed by atoms with Crippen LogP contribution in [0.5, 0.6) is 0 Å². The first kappa shape index (κ1) is 14.0. The summed E-state index contributed by atoms with van der Waals surface area (Å²) < 4.78 is 5.78. The van der Waals surface area contributed by atoms with Crippen molar-refractivity contribution in [3.8, 4) is 0 Å². The Morgan fingerprint density at radius 2 is 2.26 bits per heavy atom. The van der Waals surface area contributed by atoms with E-state index in [9.17, 15) is 4.79 Å². The van der Waals surface area contributed by atoms with Gasteiger partial charge in [0.2, 0.25) is 0 Å². The molecule has 4 nitrogen and oxygen atoms in total. The molecule has 0 bridgehead atoms. The highest BCUT2D eigenvalue weighted by molar-refractivity contribution is 9.10. The number of anilines is 1. The maximum absolute atomic E-state index is 11.4. The van der Waals surface area contributed by atoms with E-state index in [1.807, 2.05) is 11.4 Å². The van der Waals surface area contributed by atoms with Crippen molar-refractivity contribution in [3.63, 3.8) is 0 Å². The summed E-state index contributed by atoms with van der Waals surface area (Å²) in [7, 11) is 1.36. The normalized spacial score (nSPS) is 10.3. The summed E-state index contributed by atoms with van der Waals surface area (Å²) in [5, 5.41) is 5.26. The van der Waals surface area contributed by atoms with Crippen LogP contribution in [0.3, 0.4) is 0 Å². The van der Waals surface area contributed by atoms with Gasteiger partial charge < -0.3 is 10.1 Å². The number of carbonyl (C=O) groups is 1. The van der Waals surface area contributed by atoms with E-state index in [-0.39, 0.29) is 5.97 Å². The summed E-state index contributed by atoms with van der Waals surface area (Å²) in [5.74, 6) is 0.378. The number of rotatable bonds is 4. The molecule has 0 unspecified atom stereocenters. The number of halogens is 1. The largest absolute Gasteiger partial charge is 0.465 e. The molecule has 2 rings (SSSR count). The lowest BCUT2D eigenvalue weighted by molar-refractivity contribution is 0.0599. The Labute approximate surface area is 124 Å². The van der Waals surface area contributed by atoms with Crippen molar-refractivity contribution < 1.29 is 9.53 Å². The van der Waals surface area contributed by atoms with Crippen molar-refractivity contribution >= 4 is 39.1 Å². The standard InChI is InChI=1S/C13H13BrN2O2S/c1-8-9(13(17)18-2)3-4-12(16-8)15-7-11-10(14)5-6-19-11/h3-6H,7H2,1-2H3,(H,15,16). The van der Waals surface area contributed by atoms with Crippen LogP contribution in [0.1, 0.15) is 20.9 Å². The molecule has 0 saturated heterocycles. The SMILES string of the molecule is COC(=O)c1ccc(NCc2sccc2Br)nc1C. The van der Waals surface area contributed by atoms with Crippen LogP contribution in [0.15, 0.2) is 28.1 Å². The van der Waals surface area contributed by atoms with Crippen molar-refractivity contribution in [2.45, 2.75) is 13.5 Å². The zero-order valence-electron chi connectivity index (χ0n) is 10.6. The van der Waals surface area contributed by atoms with Crippen LogP contribution in [0.4, 0.5) is 5.82 Å². The van der Waals surface area contributed by atoms with Gasteiger partial charge in [0, 0.05) is 9.35 Å². The molecular weight excluding hydrogens is 328 g/mol. The van der Waals surface area contributed by atoms with Gasteiger partial charge in [0.15, 0.2) is 0 Å². The van der Waals surface area contributed by atoms with Gasteiger partial charge in [-0.15, -0.1) is 11.3 Å². The maximum Gasteiger partial charge on any atom is 0.339 e. The number of carbonyl (C=O) groups excluding carboxylic acids is 1. The average molecular weight is 341 g/mol. The second kappa shape index (κ2) is 6.16. The molecule has 0 atom stereocenters. The smallest absolute Gasteiger partial charge is 0.339 e. The molecular formula is C13H13BrN2O2S. The van der Waals surface area contributed by atoms with Crippen LogP contribution in [0.25, 0.3) is 0 Å². The molecule has 0 amide bonds. The molecule has 0 aliphatic carbocycles. The minimum absolute atomic E-state index is 0.363. The van der Waals surface area contributed by atoms with E-state index in [0.717, 1.165) is 10.3 Å². The van der Waals surface area contributed by atoms with Crippen molar-refractivity contribution in [2.24, 2.45) is 0 Å². The molecule has 2 heterocycles. The molecule has 0 saturated carbocycles. The molecule has 0 fully saturated rings. The predicted octanol–water partition coefficient (Wildman–Crippen LogP) is 3.61. The van der Waals surface area contributed by atoms with Crippen LogP contribution in [-0.2, 0) is 11.3 Å². The van der Waals surface area contributed by atoms with Crippen LogP contribution < -0.4 is 5.32 Å². The second-order valence-electron chi connectivity index (χ2n) is 3.87. The number of ether oxygens (including phenoxy) is 1. The lowest BCUT2D eigenvalue weighted by atomic mass is 10.2. The Bertz CT molecular complexity index is 598. The molecule has 6 heteroatoms. The van der Waals surface area contributed by atoms with Crippen LogP contribution in [0.2, 0.25) is 0 Å². The fraction of sp³-hybridized carbons (Fsp3) is 0.231. The maximum atomic E-state index is 11.4. The zero-order chi connectivity index (χ0) is 13.8. The molecule has 0 aliphatic heterocycles. The number of nitrogens with one attached hydrogen (secondary N) is 1. The number of methoxy groups -OCH3 is 1. The first-order valence-electron chi connectivity index (χ1n) is 5.63. The number of hydrogen-bond donors (Lipinski definition) is 1. The quantitative estimate of drug-likeness (QED) is 0.863. The fourth-order valence-electron chi connectivity index (χ4n) is 1.61. The molecule has 1 N–H and O–H groups in total.